The maximum atomic E-state index is 11.8. The molecular formula is C15H15N3O2S. The molecular weight excluding hydrogens is 286 g/mol. The van der Waals surface area contributed by atoms with Crippen LogP contribution in [-0.2, 0) is 9.84 Å². The molecule has 0 atom stereocenters. The zero-order chi connectivity index (χ0) is 15.2. The summed E-state index contributed by atoms with van der Waals surface area (Å²) in [5, 5.41) is 0. The van der Waals surface area contributed by atoms with Crippen LogP contribution in [0.15, 0.2) is 41.3 Å². The zero-order valence-electron chi connectivity index (χ0n) is 11.7. The van der Waals surface area contributed by atoms with Crippen LogP contribution in [0.3, 0.4) is 0 Å². The van der Waals surface area contributed by atoms with Crippen LogP contribution >= 0.6 is 0 Å². The minimum absolute atomic E-state index is 0.226. The third-order valence-corrected chi connectivity index (χ3v) is 4.52. The third-order valence-electron chi connectivity index (χ3n) is 3.39. The monoisotopic (exact) mass is 301 g/mol. The van der Waals surface area contributed by atoms with Gasteiger partial charge < -0.3 is 10.7 Å². The third kappa shape index (κ3) is 2.38. The fourth-order valence-corrected chi connectivity index (χ4v) is 3.16. The van der Waals surface area contributed by atoms with Crippen LogP contribution in [0.5, 0.6) is 0 Å². The van der Waals surface area contributed by atoms with Gasteiger partial charge in [0.2, 0.25) is 0 Å². The first-order valence-corrected chi connectivity index (χ1v) is 8.31. The molecule has 0 radical (unpaired) electrons. The molecule has 0 spiro atoms. The molecule has 3 aromatic rings. The molecule has 0 aliphatic carbocycles. The van der Waals surface area contributed by atoms with E-state index in [1.165, 1.54) is 6.26 Å². The molecule has 0 fully saturated rings. The summed E-state index contributed by atoms with van der Waals surface area (Å²) in [4.78, 5) is 7.85. The van der Waals surface area contributed by atoms with Crippen LogP contribution in [0.1, 0.15) is 5.56 Å². The SMILES string of the molecule is Cc1ccc(N)cc1-c1nc2c(S(C)(=O)=O)cccc2[nH]1. The van der Waals surface area contributed by atoms with E-state index in [1.54, 1.807) is 12.1 Å². The summed E-state index contributed by atoms with van der Waals surface area (Å²) in [5.74, 6) is 0.617. The number of imidazole rings is 1. The van der Waals surface area contributed by atoms with E-state index in [2.05, 4.69) is 9.97 Å². The van der Waals surface area contributed by atoms with Crippen molar-refractivity contribution in [1.29, 1.82) is 0 Å². The number of benzene rings is 2. The van der Waals surface area contributed by atoms with Gasteiger partial charge in [-0.2, -0.15) is 0 Å². The van der Waals surface area contributed by atoms with Crippen molar-refractivity contribution in [3.8, 4) is 11.4 Å². The second-order valence-electron chi connectivity index (χ2n) is 5.08. The van der Waals surface area contributed by atoms with Gasteiger partial charge in [0, 0.05) is 17.5 Å². The molecule has 0 amide bonds. The number of aromatic nitrogens is 2. The first kappa shape index (κ1) is 13.6. The number of rotatable bonds is 2. The van der Waals surface area contributed by atoms with Crippen LogP contribution < -0.4 is 5.73 Å². The van der Waals surface area contributed by atoms with Crippen molar-refractivity contribution in [1.82, 2.24) is 9.97 Å². The van der Waals surface area contributed by atoms with Crippen LogP contribution in [0.25, 0.3) is 22.4 Å². The number of fused-ring (bicyclic) bond motifs is 1. The molecule has 0 bridgehead atoms. The Kier molecular flexibility index (Phi) is 2.98. The molecule has 21 heavy (non-hydrogen) atoms. The Labute approximate surface area is 122 Å². The first-order chi connectivity index (χ1) is 9.86. The number of H-pyrrole nitrogens is 1. The lowest BCUT2D eigenvalue weighted by Crippen LogP contribution is -1.97. The fraction of sp³-hybridized carbons (Fsp3) is 0.133. The van der Waals surface area contributed by atoms with Crippen LogP contribution in [-0.4, -0.2) is 24.6 Å². The number of aromatic amines is 1. The number of anilines is 1. The maximum Gasteiger partial charge on any atom is 0.177 e. The van der Waals surface area contributed by atoms with E-state index < -0.39 is 9.84 Å². The van der Waals surface area contributed by atoms with E-state index in [0.717, 1.165) is 11.1 Å². The summed E-state index contributed by atoms with van der Waals surface area (Å²) in [6.07, 6.45) is 1.18. The van der Waals surface area contributed by atoms with Crippen molar-refractivity contribution in [2.45, 2.75) is 11.8 Å². The van der Waals surface area contributed by atoms with E-state index in [9.17, 15) is 8.42 Å². The molecule has 0 unspecified atom stereocenters. The highest BCUT2D eigenvalue weighted by molar-refractivity contribution is 7.91. The summed E-state index contributed by atoms with van der Waals surface area (Å²) >= 11 is 0. The van der Waals surface area contributed by atoms with Gasteiger partial charge in [-0.05, 0) is 36.8 Å². The van der Waals surface area contributed by atoms with E-state index >= 15 is 0 Å². The number of hydrogen-bond donors (Lipinski definition) is 2. The van der Waals surface area contributed by atoms with Gasteiger partial charge in [0.15, 0.2) is 9.84 Å². The standard InChI is InChI=1S/C15H15N3O2S/c1-9-6-7-10(16)8-11(9)15-17-12-4-3-5-13(14(12)18-15)21(2,19)20/h3-8H,16H2,1-2H3,(H,17,18). The summed E-state index contributed by atoms with van der Waals surface area (Å²) < 4.78 is 23.7. The Morgan fingerprint density at radius 1 is 1.19 bits per heavy atom. The molecule has 108 valence electrons. The van der Waals surface area contributed by atoms with E-state index in [0.29, 0.717) is 22.5 Å². The normalized spacial score (nSPS) is 11.9. The lowest BCUT2D eigenvalue weighted by Gasteiger charge is -2.03. The Bertz CT molecular complexity index is 943. The quantitative estimate of drug-likeness (QED) is 0.712. The molecule has 1 heterocycles. The second kappa shape index (κ2) is 4.60. The Morgan fingerprint density at radius 3 is 2.67 bits per heavy atom. The molecule has 3 rings (SSSR count). The highest BCUT2D eigenvalue weighted by Gasteiger charge is 2.16. The molecule has 5 nitrogen and oxygen atoms in total. The van der Waals surface area contributed by atoms with Gasteiger partial charge in [-0.3, -0.25) is 0 Å². The van der Waals surface area contributed by atoms with Crippen LogP contribution in [0.2, 0.25) is 0 Å². The number of hydrogen-bond acceptors (Lipinski definition) is 4. The van der Waals surface area contributed by atoms with Crippen molar-refractivity contribution < 1.29 is 8.42 Å². The number of nitrogens with zero attached hydrogens (tertiary/aromatic N) is 1. The van der Waals surface area contributed by atoms with Crippen molar-refractivity contribution >= 4 is 26.6 Å². The second-order valence-corrected chi connectivity index (χ2v) is 7.07. The van der Waals surface area contributed by atoms with Crippen molar-refractivity contribution in [2.24, 2.45) is 0 Å². The maximum absolute atomic E-state index is 11.8. The lowest BCUT2D eigenvalue weighted by atomic mass is 10.1. The summed E-state index contributed by atoms with van der Waals surface area (Å²) in [5.41, 5.74) is 9.49. The Morgan fingerprint density at radius 2 is 1.95 bits per heavy atom. The van der Waals surface area contributed by atoms with Crippen LogP contribution in [0, 0.1) is 6.92 Å². The van der Waals surface area contributed by atoms with Gasteiger partial charge in [-0.15, -0.1) is 0 Å². The van der Waals surface area contributed by atoms with Gasteiger partial charge in [0.05, 0.1) is 10.4 Å². The smallest absolute Gasteiger partial charge is 0.177 e. The van der Waals surface area contributed by atoms with E-state index in [-0.39, 0.29) is 4.90 Å². The number of nitrogens with one attached hydrogen (secondary N) is 1. The predicted octanol–water partition coefficient (Wildman–Crippen LogP) is 2.52. The lowest BCUT2D eigenvalue weighted by molar-refractivity contribution is 0.602. The number of para-hydroxylation sites is 1. The van der Waals surface area contributed by atoms with Crippen molar-refractivity contribution in [3.63, 3.8) is 0 Å². The number of sulfone groups is 1. The zero-order valence-corrected chi connectivity index (χ0v) is 12.5. The van der Waals surface area contributed by atoms with Gasteiger partial charge in [-0.25, -0.2) is 13.4 Å². The minimum Gasteiger partial charge on any atom is -0.399 e. The highest BCUT2D eigenvalue weighted by Crippen LogP contribution is 2.28. The molecule has 0 saturated carbocycles. The fourth-order valence-electron chi connectivity index (χ4n) is 2.33. The minimum atomic E-state index is -3.32. The average molecular weight is 301 g/mol. The van der Waals surface area contributed by atoms with Crippen LogP contribution in [0.4, 0.5) is 5.69 Å². The van der Waals surface area contributed by atoms with E-state index in [1.807, 2.05) is 31.2 Å². The predicted molar refractivity (Wildman–Crippen MR) is 83.8 cm³/mol. The molecule has 0 saturated heterocycles. The molecule has 0 aliphatic heterocycles. The number of nitrogens with two attached hydrogens (primary N) is 1. The molecule has 6 heteroatoms. The van der Waals surface area contributed by atoms with Gasteiger partial charge >= 0.3 is 0 Å². The number of nitrogen functional groups attached to an aromatic ring is 1. The molecule has 1 aromatic heterocycles. The molecule has 0 aliphatic rings. The molecule has 2 aromatic carbocycles. The Balaban J connectivity index is 2.30. The summed E-state index contributed by atoms with van der Waals surface area (Å²) in [6.45, 7) is 1.96. The largest absolute Gasteiger partial charge is 0.399 e. The average Bonchev–Trinajstić information content (AvgIpc) is 2.83. The van der Waals surface area contributed by atoms with Gasteiger partial charge in [0.25, 0.3) is 0 Å². The van der Waals surface area contributed by atoms with Crippen molar-refractivity contribution in [3.05, 3.63) is 42.0 Å². The van der Waals surface area contributed by atoms with E-state index in [4.69, 9.17) is 5.73 Å². The summed E-state index contributed by atoms with van der Waals surface area (Å²) in [6, 6.07) is 10.6. The first-order valence-electron chi connectivity index (χ1n) is 6.41. The highest BCUT2D eigenvalue weighted by atomic mass is 32.2. The Hall–Kier alpha value is -2.34. The topological polar surface area (TPSA) is 88.8 Å². The summed E-state index contributed by atoms with van der Waals surface area (Å²) in [7, 11) is -3.32. The molecule has 3 N–H and O–H groups in total. The van der Waals surface area contributed by atoms with Gasteiger partial charge in [-0.1, -0.05) is 12.1 Å². The van der Waals surface area contributed by atoms with Crippen molar-refractivity contribution in [2.75, 3.05) is 12.0 Å². The van der Waals surface area contributed by atoms with Gasteiger partial charge in [0.1, 0.15) is 11.3 Å². The number of aryl methyl sites for hydroxylation is 1.